The molecule has 8 nitrogen and oxygen atoms in total. The van der Waals surface area contributed by atoms with Crippen LogP contribution in [0.1, 0.15) is 30.4 Å². The molecule has 0 aliphatic carbocycles. The zero-order valence-corrected chi connectivity index (χ0v) is 13.8. The number of amides is 3. The van der Waals surface area contributed by atoms with Crippen molar-refractivity contribution >= 4 is 50.5 Å². The van der Waals surface area contributed by atoms with Gasteiger partial charge in [-0.05, 0) is 30.3 Å². The fraction of sp³-hybridized carbons (Fsp3) is 0. The Balaban J connectivity index is 1.62. The molecule has 9 heteroatoms. The van der Waals surface area contributed by atoms with Crippen LogP contribution in [0.3, 0.4) is 0 Å². The van der Waals surface area contributed by atoms with Crippen molar-refractivity contribution in [1.82, 2.24) is 5.32 Å². The molecule has 0 spiro atoms. The monoisotopic (exact) mass is 367 g/mol. The molecule has 128 valence electrons. The summed E-state index contributed by atoms with van der Waals surface area (Å²) >= 11 is 1.20. The average Bonchev–Trinajstić information content (AvgIpc) is 3.15. The van der Waals surface area contributed by atoms with E-state index in [9.17, 15) is 24.5 Å². The maximum Gasteiger partial charge on any atom is 0.270 e. The number of non-ortho nitro benzene ring substituents is 1. The molecule has 4 rings (SSSR count). The van der Waals surface area contributed by atoms with Gasteiger partial charge in [-0.2, -0.15) is 0 Å². The van der Waals surface area contributed by atoms with Crippen molar-refractivity contribution in [2.45, 2.75) is 0 Å². The fourth-order valence-corrected chi connectivity index (χ4v) is 3.63. The van der Waals surface area contributed by atoms with Crippen molar-refractivity contribution in [2.75, 3.05) is 5.32 Å². The lowest BCUT2D eigenvalue weighted by Gasteiger charge is -2.04. The largest absolute Gasteiger partial charge is 0.321 e. The van der Waals surface area contributed by atoms with Gasteiger partial charge in [0.2, 0.25) is 0 Å². The number of hydrogen-bond acceptors (Lipinski definition) is 6. The average molecular weight is 367 g/mol. The van der Waals surface area contributed by atoms with Crippen molar-refractivity contribution in [3.05, 3.63) is 68.6 Å². The van der Waals surface area contributed by atoms with Gasteiger partial charge in [0.25, 0.3) is 23.4 Å². The van der Waals surface area contributed by atoms with Crippen LogP contribution in [0.2, 0.25) is 0 Å². The molecular weight excluding hydrogens is 358 g/mol. The summed E-state index contributed by atoms with van der Waals surface area (Å²) in [7, 11) is 0. The number of nitrogens with one attached hydrogen (secondary N) is 2. The topological polar surface area (TPSA) is 118 Å². The summed E-state index contributed by atoms with van der Waals surface area (Å²) < 4.78 is 0.750. The Kier molecular flexibility index (Phi) is 3.51. The normalized spacial score (nSPS) is 12.8. The highest BCUT2D eigenvalue weighted by atomic mass is 32.1. The summed E-state index contributed by atoms with van der Waals surface area (Å²) in [5.41, 5.74) is 0.806. The van der Waals surface area contributed by atoms with E-state index in [1.54, 1.807) is 12.1 Å². The highest BCUT2D eigenvalue weighted by molar-refractivity contribution is 7.20. The number of carbonyl (C=O) groups excluding carboxylic acids is 3. The van der Waals surface area contributed by atoms with Crippen LogP contribution in [0.4, 0.5) is 11.4 Å². The van der Waals surface area contributed by atoms with Crippen molar-refractivity contribution < 1.29 is 19.3 Å². The van der Waals surface area contributed by atoms with Gasteiger partial charge in [0.1, 0.15) is 0 Å². The zero-order chi connectivity index (χ0) is 18.4. The Morgan fingerprint density at radius 1 is 1.04 bits per heavy atom. The molecule has 2 aromatic carbocycles. The van der Waals surface area contributed by atoms with Crippen molar-refractivity contribution in [3.63, 3.8) is 0 Å². The first-order chi connectivity index (χ1) is 12.4. The number of rotatable bonds is 3. The van der Waals surface area contributed by atoms with E-state index in [-0.39, 0.29) is 16.8 Å². The fourth-order valence-electron chi connectivity index (χ4n) is 2.69. The number of benzene rings is 2. The first kappa shape index (κ1) is 15.9. The lowest BCUT2D eigenvalue weighted by molar-refractivity contribution is -0.384. The molecule has 0 radical (unpaired) electrons. The predicted molar refractivity (Wildman–Crippen MR) is 94.7 cm³/mol. The first-order valence-electron chi connectivity index (χ1n) is 7.41. The van der Waals surface area contributed by atoms with Gasteiger partial charge in [0, 0.05) is 27.9 Å². The highest BCUT2D eigenvalue weighted by Crippen LogP contribution is 2.29. The molecule has 26 heavy (non-hydrogen) atoms. The first-order valence-corrected chi connectivity index (χ1v) is 8.23. The number of nitro benzene ring substituents is 1. The molecule has 2 heterocycles. The summed E-state index contributed by atoms with van der Waals surface area (Å²) in [4.78, 5) is 46.4. The summed E-state index contributed by atoms with van der Waals surface area (Å²) in [6.07, 6.45) is 0. The number of nitro groups is 1. The smallest absolute Gasteiger partial charge is 0.270 e. The number of nitrogens with zero attached hydrogens (tertiary/aromatic N) is 1. The van der Waals surface area contributed by atoms with Gasteiger partial charge in [-0.1, -0.05) is 0 Å². The van der Waals surface area contributed by atoms with E-state index in [0.717, 1.165) is 4.70 Å². The number of carbonyl (C=O) groups is 3. The van der Waals surface area contributed by atoms with Crippen LogP contribution < -0.4 is 10.6 Å². The number of thiophene rings is 1. The molecule has 0 saturated heterocycles. The van der Waals surface area contributed by atoms with Crippen LogP contribution in [0, 0.1) is 10.1 Å². The molecule has 0 bridgehead atoms. The van der Waals surface area contributed by atoms with Crippen LogP contribution in [0.25, 0.3) is 10.1 Å². The Bertz CT molecular complexity index is 1130. The standard InChI is InChI=1S/C17H9N3O5S/c21-15-11-3-1-9(7-12(11)16(22)19-15)18-17(23)14-6-8-5-10(20(24)25)2-4-13(8)26-14/h1-7H,(H,18,23)(H,19,21,22). The van der Waals surface area contributed by atoms with Gasteiger partial charge in [0.05, 0.1) is 20.9 Å². The SMILES string of the molecule is O=C(Nc1ccc2c(c1)C(=O)NC2=O)c1cc2cc([N+](=O)[O-])ccc2s1. The van der Waals surface area contributed by atoms with Gasteiger partial charge < -0.3 is 5.32 Å². The maximum absolute atomic E-state index is 12.4. The highest BCUT2D eigenvalue weighted by Gasteiger charge is 2.27. The second kappa shape index (κ2) is 5.74. The minimum atomic E-state index is -0.504. The summed E-state index contributed by atoms with van der Waals surface area (Å²) in [6.45, 7) is 0. The molecule has 1 aliphatic rings. The Labute approximate surface area is 149 Å². The molecule has 3 amide bonds. The van der Waals surface area contributed by atoms with Crippen molar-refractivity contribution in [1.29, 1.82) is 0 Å². The second-order valence-corrected chi connectivity index (χ2v) is 6.67. The minimum absolute atomic E-state index is 0.0449. The van der Waals surface area contributed by atoms with Gasteiger partial charge in [-0.15, -0.1) is 11.3 Å². The summed E-state index contributed by atoms with van der Waals surface area (Å²) in [5.74, 6) is -1.37. The van der Waals surface area contributed by atoms with E-state index in [0.29, 0.717) is 16.0 Å². The third-order valence-electron chi connectivity index (χ3n) is 3.93. The van der Waals surface area contributed by atoms with Crippen LogP contribution in [-0.2, 0) is 0 Å². The van der Waals surface area contributed by atoms with E-state index < -0.39 is 22.6 Å². The third kappa shape index (κ3) is 2.60. The number of imide groups is 1. The van der Waals surface area contributed by atoms with Gasteiger partial charge in [-0.3, -0.25) is 29.8 Å². The Morgan fingerprint density at radius 3 is 2.58 bits per heavy atom. The molecule has 1 aromatic heterocycles. The summed E-state index contributed by atoms with van der Waals surface area (Å²) in [6, 6.07) is 10.4. The van der Waals surface area contributed by atoms with E-state index in [2.05, 4.69) is 10.6 Å². The van der Waals surface area contributed by atoms with Crippen molar-refractivity contribution in [2.24, 2.45) is 0 Å². The molecule has 0 unspecified atom stereocenters. The predicted octanol–water partition coefficient (Wildman–Crippen LogP) is 2.95. The quantitative estimate of drug-likeness (QED) is 0.419. The minimum Gasteiger partial charge on any atom is -0.321 e. The van der Waals surface area contributed by atoms with Gasteiger partial charge in [-0.25, -0.2) is 0 Å². The maximum atomic E-state index is 12.4. The van der Waals surface area contributed by atoms with Crippen LogP contribution in [-0.4, -0.2) is 22.6 Å². The number of anilines is 1. The van der Waals surface area contributed by atoms with E-state index in [1.165, 1.54) is 41.7 Å². The second-order valence-electron chi connectivity index (χ2n) is 5.59. The van der Waals surface area contributed by atoms with E-state index in [1.807, 2.05) is 0 Å². The third-order valence-corrected chi connectivity index (χ3v) is 5.04. The van der Waals surface area contributed by atoms with E-state index >= 15 is 0 Å². The number of fused-ring (bicyclic) bond motifs is 2. The molecule has 0 saturated carbocycles. The van der Waals surface area contributed by atoms with Crippen LogP contribution >= 0.6 is 11.3 Å². The number of hydrogen-bond donors (Lipinski definition) is 2. The Hall–Kier alpha value is -3.59. The molecule has 2 N–H and O–H groups in total. The molecule has 3 aromatic rings. The Morgan fingerprint density at radius 2 is 1.81 bits per heavy atom. The lowest BCUT2D eigenvalue weighted by atomic mass is 10.1. The van der Waals surface area contributed by atoms with Gasteiger partial charge >= 0.3 is 0 Å². The van der Waals surface area contributed by atoms with Crippen LogP contribution in [0.15, 0.2) is 42.5 Å². The van der Waals surface area contributed by atoms with E-state index in [4.69, 9.17) is 0 Å². The summed E-state index contributed by atoms with van der Waals surface area (Å²) in [5, 5.41) is 16.3. The molecular formula is C17H9N3O5S. The van der Waals surface area contributed by atoms with Gasteiger partial charge in [0.15, 0.2) is 0 Å². The zero-order valence-electron chi connectivity index (χ0n) is 12.9. The van der Waals surface area contributed by atoms with Crippen molar-refractivity contribution in [3.8, 4) is 0 Å². The molecule has 0 fully saturated rings. The van der Waals surface area contributed by atoms with Crippen LogP contribution in [0.5, 0.6) is 0 Å². The lowest BCUT2D eigenvalue weighted by Crippen LogP contribution is -2.19. The molecule has 0 atom stereocenters. The molecule has 1 aliphatic heterocycles.